The molecule has 0 aliphatic carbocycles. The molecule has 2 aromatic rings. The molecule has 2 unspecified atom stereocenters. The van der Waals surface area contributed by atoms with Crippen LogP contribution in [-0.4, -0.2) is 28.2 Å². The number of thioether (sulfide) groups is 1. The van der Waals surface area contributed by atoms with Crippen LogP contribution in [0.2, 0.25) is 5.02 Å². The highest BCUT2D eigenvalue weighted by atomic mass is 35.5. The molecule has 0 spiro atoms. The Morgan fingerprint density at radius 2 is 2.08 bits per heavy atom. The molecule has 2 N–H and O–H groups in total. The number of nitrogens with zero attached hydrogens (tertiary/aromatic N) is 2. The number of halogens is 1. The molecule has 3 amide bonds. The fraction of sp³-hybridized carbons (Fsp3) is 0.333. The molecule has 0 bridgehead atoms. The maximum Gasteiger partial charge on any atom is 0.321 e. The Bertz CT molecular complexity index is 767. The van der Waals surface area contributed by atoms with Crippen molar-refractivity contribution in [1.29, 1.82) is 0 Å². The molecule has 126 valence electrons. The lowest BCUT2D eigenvalue weighted by molar-refractivity contribution is -0.125. The fourth-order valence-electron chi connectivity index (χ4n) is 2.37. The van der Waals surface area contributed by atoms with Crippen molar-refractivity contribution in [2.45, 2.75) is 30.4 Å². The van der Waals surface area contributed by atoms with E-state index in [0.29, 0.717) is 21.9 Å². The highest BCUT2D eigenvalue weighted by molar-refractivity contribution is 7.98. The number of carbonyl (C=O) groups excluding carboxylic acids is 2. The normalized spacial score (nSPS) is 20.6. The van der Waals surface area contributed by atoms with Crippen LogP contribution in [0.15, 0.2) is 33.9 Å². The summed E-state index contributed by atoms with van der Waals surface area (Å²) in [6, 6.07) is 6.77. The van der Waals surface area contributed by atoms with E-state index < -0.39 is 11.9 Å². The van der Waals surface area contributed by atoms with Gasteiger partial charge in [-0.05, 0) is 18.6 Å². The van der Waals surface area contributed by atoms with Gasteiger partial charge in [0.1, 0.15) is 0 Å². The smallest absolute Gasteiger partial charge is 0.321 e. The topological polar surface area (TPSA) is 97.1 Å². The molecule has 2 atom stereocenters. The van der Waals surface area contributed by atoms with Crippen LogP contribution in [0, 0.1) is 5.92 Å². The summed E-state index contributed by atoms with van der Waals surface area (Å²) in [6.07, 6.45) is 0.271. The molecule has 1 aliphatic heterocycles. The maximum atomic E-state index is 11.9. The molecule has 1 fully saturated rings. The molecule has 1 aromatic heterocycles. The molecular weight excluding hydrogens is 352 g/mol. The Balaban J connectivity index is 1.60. The largest absolute Gasteiger partial charge is 0.416 e. The van der Waals surface area contributed by atoms with E-state index >= 15 is 0 Å². The molecule has 0 radical (unpaired) electrons. The number of carbonyl (C=O) groups is 2. The third kappa shape index (κ3) is 3.88. The highest BCUT2D eigenvalue weighted by Crippen LogP contribution is 2.26. The van der Waals surface area contributed by atoms with Crippen LogP contribution >= 0.6 is 23.4 Å². The first-order valence-corrected chi connectivity index (χ1v) is 8.69. The zero-order chi connectivity index (χ0) is 17.1. The van der Waals surface area contributed by atoms with Gasteiger partial charge in [-0.2, -0.15) is 0 Å². The second-order valence-corrected chi connectivity index (χ2v) is 6.74. The van der Waals surface area contributed by atoms with Crippen molar-refractivity contribution >= 4 is 35.3 Å². The molecule has 1 aromatic carbocycles. The van der Waals surface area contributed by atoms with Gasteiger partial charge in [0, 0.05) is 23.2 Å². The number of hydrogen-bond acceptors (Lipinski definition) is 6. The zero-order valence-electron chi connectivity index (χ0n) is 12.8. The minimum Gasteiger partial charge on any atom is -0.416 e. The first kappa shape index (κ1) is 16.8. The van der Waals surface area contributed by atoms with Crippen molar-refractivity contribution in [1.82, 2.24) is 20.8 Å². The van der Waals surface area contributed by atoms with Crippen LogP contribution in [-0.2, 0) is 17.0 Å². The van der Waals surface area contributed by atoms with Gasteiger partial charge in [0.2, 0.25) is 11.8 Å². The summed E-state index contributed by atoms with van der Waals surface area (Å²) in [5.41, 5.74) is 0.979. The zero-order valence-corrected chi connectivity index (χ0v) is 14.4. The molecule has 0 saturated carbocycles. The van der Waals surface area contributed by atoms with E-state index in [2.05, 4.69) is 20.8 Å². The summed E-state index contributed by atoms with van der Waals surface area (Å²) in [5, 5.41) is 13.9. The monoisotopic (exact) mass is 366 g/mol. The van der Waals surface area contributed by atoms with Crippen molar-refractivity contribution < 1.29 is 14.0 Å². The van der Waals surface area contributed by atoms with E-state index in [0.717, 1.165) is 5.56 Å². The van der Waals surface area contributed by atoms with Crippen LogP contribution in [0.1, 0.15) is 18.4 Å². The lowest BCUT2D eigenvalue weighted by Gasteiger charge is -2.27. The summed E-state index contributed by atoms with van der Waals surface area (Å²) in [6.45, 7) is 1.77. The van der Waals surface area contributed by atoms with Crippen LogP contribution < -0.4 is 10.6 Å². The number of rotatable bonds is 5. The van der Waals surface area contributed by atoms with Gasteiger partial charge in [0.05, 0.1) is 5.92 Å². The average Bonchev–Trinajstić information content (AvgIpc) is 2.98. The Hall–Kier alpha value is -2.06. The summed E-state index contributed by atoms with van der Waals surface area (Å²) in [7, 11) is 0. The van der Waals surface area contributed by atoms with Gasteiger partial charge in [0.15, 0.2) is 0 Å². The Morgan fingerprint density at radius 3 is 2.83 bits per heavy atom. The summed E-state index contributed by atoms with van der Waals surface area (Å²) >= 11 is 7.49. The Morgan fingerprint density at radius 1 is 1.29 bits per heavy atom. The predicted octanol–water partition coefficient (Wildman–Crippen LogP) is 2.40. The molecule has 2 heterocycles. The van der Waals surface area contributed by atoms with Crippen molar-refractivity contribution in [3.05, 3.63) is 40.7 Å². The van der Waals surface area contributed by atoms with Gasteiger partial charge in [-0.1, -0.05) is 41.6 Å². The van der Waals surface area contributed by atoms with E-state index in [4.69, 9.17) is 16.0 Å². The van der Waals surface area contributed by atoms with Crippen LogP contribution in [0.5, 0.6) is 0 Å². The van der Waals surface area contributed by atoms with Gasteiger partial charge in [-0.15, -0.1) is 10.2 Å². The number of urea groups is 1. The SMILES string of the molecule is CC1NC(=O)NC(=O)C1Cc1nnc(SCc2ccccc2Cl)o1. The van der Waals surface area contributed by atoms with Gasteiger partial charge in [0.25, 0.3) is 5.22 Å². The van der Waals surface area contributed by atoms with Crippen molar-refractivity contribution in [2.24, 2.45) is 5.92 Å². The van der Waals surface area contributed by atoms with Gasteiger partial charge in [-0.3, -0.25) is 10.1 Å². The quantitative estimate of drug-likeness (QED) is 0.788. The van der Waals surface area contributed by atoms with E-state index in [1.54, 1.807) is 6.92 Å². The Kier molecular flexibility index (Phi) is 5.06. The van der Waals surface area contributed by atoms with Crippen molar-refractivity contribution in [2.75, 3.05) is 0 Å². The molecule has 3 rings (SSSR count). The number of imide groups is 1. The first-order valence-electron chi connectivity index (χ1n) is 7.33. The lowest BCUT2D eigenvalue weighted by atomic mass is 9.95. The minimum absolute atomic E-state index is 0.271. The molecule has 9 heteroatoms. The van der Waals surface area contributed by atoms with Gasteiger partial charge in [-0.25, -0.2) is 4.79 Å². The highest BCUT2D eigenvalue weighted by Gasteiger charge is 2.33. The number of amides is 3. The standard InChI is InChI=1S/C15H15ClN4O3S/c1-8-10(13(21)18-14(22)17-8)6-12-19-20-15(23-12)24-7-9-4-2-3-5-11(9)16/h2-5,8,10H,6-7H2,1H3,(H2,17,18,21,22). The number of aromatic nitrogens is 2. The third-order valence-corrected chi connectivity index (χ3v) is 4.92. The fourth-order valence-corrected chi connectivity index (χ4v) is 3.43. The van der Waals surface area contributed by atoms with Crippen LogP contribution in [0.4, 0.5) is 4.79 Å². The molecule has 1 saturated heterocycles. The second-order valence-electron chi connectivity index (χ2n) is 5.40. The molecular formula is C15H15ClN4O3S. The number of hydrogen-bond donors (Lipinski definition) is 2. The third-order valence-electron chi connectivity index (χ3n) is 3.69. The van der Waals surface area contributed by atoms with E-state index in [-0.39, 0.29) is 18.4 Å². The lowest BCUT2D eigenvalue weighted by Crippen LogP contribution is -2.57. The molecule has 7 nitrogen and oxygen atoms in total. The molecule has 24 heavy (non-hydrogen) atoms. The minimum atomic E-state index is -0.481. The summed E-state index contributed by atoms with van der Waals surface area (Å²) in [5.74, 6) is 0.191. The van der Waals surface area contributed by atoms with E-state index in [1.165, 1.54) is 11.8 Å². The van der Waals surface area contributed by atoms with Gasteiger partial charge >= 0.3 is 6.03 Å². The van der Waals surface area contributed by atoms with Gasteiger partial charge < -0.3 is 9.73 Å². The van der Waals surface area contributed by atoms with Crippen LogP contribution in [0.25, 0.3) is 0 Å². The van der Waals surface area contributed by atoms with E-state index in [9.17, 15) is 9.59 Å². The Labute approximate surface area is 147 Å². The first-order chi connectivity index (χ1) is 11.5. The number of nitrogens with one attached hydrogen (secondary N) is 2. The second kappa shape index (κ2) is 7.23. The van der Waals surface area contributed by atoms with Crippen LogP contribution in [0.3, 0.4) is 0 Å². The average molecular weight is 367 g/mol. The predicted molar refractivity (Wildman–Crippen MR) is 88.6 cm³/mol. The van der Waals surface area contributed by atoms with E-state index in [1.807, 2.05) is 24.3 Å². The van der Waals surface area contributed by atoms with Crippen molar-refractivity contribution in [3.63, 3.8) is 0 Å². The molecule has 1 aliphatic rings. The maximum absolute atomic E-state index is 11.9. The summed E-state index contributed by atoms with van der Waals surface area (Å²) in [4.78, 5) is 23.1. The number of benzene rings is 1. The van der Waals surface area contributed by atoms with Crippen molar-refractivity contribution in [3.8, 4) is 0 Å². The summed E-state index contributed by atoms with van der Waals surface area (Å²) < 4.78 is 5.58.